The molecule has 0 unspecified atom stereocenters. The number of hydrogen-bond donors (Lipinski definition) is 1. The molecule has 136 valence electrons. The minimum absolute atomic E-state index is 0.351. The summed E-state index contributed by atoms with van der Waals surface area (Å²) in [5.74, 6) is 0.891. The SMILES string of the molecule is CCOC(=O)NCCn1ncc2c(N3CCOCC3)nc(SC)nc21. The van der Waals surface area contributed by atoms with E-state index in [2.05, 4.69) is 25.3 Å². The third-order valence-electron chi connectivity index (χ3n) is 3.82. The summed E-state index contributed by atoms with van der Waals surface area (Å²) in [5, 5.41) is 8.74. The third-order valence-corrected chi connectivity index (χ3v) is 4.36. The van der Waals surface area contributed by atoms with E-state index in [1.807, 2.05) is 6.26 Å². The van der Waals surface area contributed by atoms with Gasteiger partial charge in [-0.3, -0.25) is 0 Å². The van der Waals surface area contributed by atoms with Gasteiger partial charge in [-0.05, 0) is 13.2 Å². The molecular formula is C15H22N6O3S. The number of anilines is 1. The fourth-order valence-electron chi connectivity index (χ4n) is 2.64. The van der Waals surface area contributed by atoms with Gasteiger partial charge in [0.2, 0.25) is 0 Å². The van der Waals surface area contributed by atoms with Crippen LogP contribution >= 0.6 is 11.8 Å². The van der Waals surface area contributed by atoms with Gasteiger partial charge in [0.15, 0.2) is 10.8 Å². The standard InChI is InChI=1S/C15H22N6O3S/c1-3-24-15(22)16-4-5-21-13-11(10-17-21)12(18-14(19-13)25-2)20-6-8-23-9-7-20/h10H,3-9H2,1-2H3,(H,16,22). The number of morpholine rings is 1. The normalized spacial score (nSPS) is 14.7. The van der Waals surface area contributed by atoms with Crippen LogP contribution in [0.2, 0.25) is 0 Å². The van der Waals surface area contributed by atoms with Gasteiger partial charge in [-0.1, -0.05) is 11.8 Å². The molecule has 0 bridgehead atoms. The van der Waals surface area contributed by atoms with Gasteiger partial charge >= 0.3 is 6.09 Å². The Kier molecular flexibility index (Phi) is 5.92. The van der Waals surface area contributed by atoms with Crippen molar-refractivity contribution < 1.29 is 14.3 Å². The van der Waals surface area contributed by atoms with Crippen LogP contribution in [-0.2, 0) is 16.0 Å². The van der Waals surface area contributed by atoms with Crippen LogP contribution in [0.25, 0.3) is 11.0 Å². The third kappa shape index (κ3) is 4.13. The van der Waals surface area contributed by atoms with Crippen LogP contribution in [0.5, 0.6) is 0 Å². The maximum absolute atomic E-state index is 11.4. The van der Waals surface area contributed by atoms with Crippen molar-refractivity contribution in [2.24, 2.45) is 0 Å². The molecule has 1 N–H and O–H groups in total. The molecule has 3 rings (SSSR count). The number of ether oxygens (including phenoxy) is 2. The lowest BCUT2D eigenvalue weighted by atomic mass is 10.3. The molecule has 0 radical (unpaired) electrons. The van der Waals surface area contributed by atoms with Crippen LogP contribution in [-0.4, -0.2) is 71.6 Å². The molecule has 0 aliphatic carbocycles. The molecule has 2 aromatic rings. The molecule has 10 heteroatoms. The van der Waals surface area contributed by atoms with Gasteiger partial charge in [-0.15, -0.1) is 0 Å². The van der Waals surface area contributed by atoms with E-state index in [4.69, 9.17) is 9.47 Å². The Hall–Kier alpha value is -2.07. The van der Waals surface area contributed by atoms with Gasteiger partial charge in [0.05, 0.1) is 37.9 Å². The van der Waals surface area contributed by atoms with Crippen LogP contribution in [0.15, 0.2) is 11.4 Å². The summed E-state index contributed by atoms with van der Waals surface area (Å²) in [4.78, 5) is 22.9. The summed E-state index contributed by atoms with van der Waals surface area (Å²) in [6.45, 7) is 6.04. The van der Waals surface area contributed by atoms with Crippen LogP contribution in [0.4, 0.5) is 10.6 Å². The highest BCUT2D eigenvalue weighted by molar-refractivity contribution is 7.98. The molecule has 1 aliphatic heterocycles. The lowest BCUT2D eigenvalue weighted by Crippen LogP contribution is -2.37. The van der Waals surface area contributed by atoms with Crippen molar-refractivity contribution in [1.82, 2.24) is 25.1 Å². The molecule has 0 aromatic carbocycles. The average Bonchev–Trinajstić information content (AvgIpc) is 3.05. The number of carbonyl (C=O) groups is 1. The first-order valence-corrected chi connectivity index (χ1v) is 9.46. The second-order valence-corrected chi connectivity index (χ2v) is 6.16. The van der Waals surface area contributed by atoms with Gasteiger partial charge < -0.3 is 19.7 Å². The first kappa shape index (κ1) is 17.7. The maximum atomic E-state index is 11.4. The minimum Gasteiger partial charge on any atom is -0.450 e. The van der Waals surface area contributed by atoms with E-state index in [0.717, 1.165) is 29.9 Å². The number of rotatable bonds is 6. The number of fused-ring (bicyclic) bond motifs is 1. The molecule has 25 heavy (non-hydrogen) atoms. The predicted molar refractivity (Wildman–Crippen MR) is 95.2 cm³/mol. The smallest absolute Gasteiger partial charge is 0.407 e. The zero-order valence-corrected chi connectivity index (χ0v) is 15.2. The first-order valence-electron chi connectivity index (χ1n) is 8.23. The Morgan fingerprint density at radius 3 is 2.92 bits per heavy atom. The van der Waals surface area contributed by atoms with E-state index in [0.29, 0.717) is 38.1 Å². The fourth-order valence-corrected chi connectivity index (χ4v) is 2.99. The average molecular weight is 366 g/mol. The Morgan fingerprint density at radius 2 is 2.20 bits per heavy atom. The minimum atomic E-state index is -0.424. The second-order valence-electron chi connectivity index (χ2n) is 5.39. The van der Waals surface area contributed by atoms with E-state index < -0.39 is 6.09 Å². The lowest BCUT2D eigenvalue weighted by molar-refractivity contribution is 0.122. The molecule has 1 amide bonds. The Balaban J connectivity index is 1.82. The molecule has 1 aliphatic rings. The lowest BCUT2D eigenvalue weighted by Gasteiger charge is -2.28. The first-order chi connectivity index (χ1) is 12.2. The molecule has 2 aromatic heterocycles. The molecule has 9 nitrogen and oxygen atoms in total. The van der Waals surface area contributed by atoms with Crippen molar-refractivity contribution in [2.75, 3.05) is 50.6 Å². The number of carbonyl (C=O) groups excluding carboxylic acids is 1. The summed E-state index contributed by atoms with van der Waals surface area (Å²) < 4.78 is 12.1. The zero-order chi connectivity index (χ0) is 17.6. The van der Waals surface area contributed by atoms with Crippen LogP contribution < -0.4 is 10.2 Å². The van der Waals surface area contributed by atoms with Gasteiger partial charge in [0.1, 0.15) is 5.82 Å². The van der Waals surface area contributed by atoms with Gasteiger partial charge in [-0.2, -0.15) is 5.10 Å². The maximum Gasteiger partial charge on any atom is 0.407 e. The Labute approximate surface area is 150 Å². The topological polar surface area (TPSA) is 94.4 Å². The number of hydrogen-bond acceptors (Lipinski definition) is 8. The Bertz CT molecular complexity index is 731. The summed E-state index contributed by atoms with van der Waals surface area (Å²) in [6, 6.07) is 0. The van der Waals surface area contributed by atoms with Crippen molar-refractivity contribution in [3.05, 3.63) is 6.20 Å². The number of thioether (sulfide) groups is 1. The highest BCUT2D eigenvalue weighted by Crippen LogP contribution is 2.26. The monoisotopic (exact) mass is 366 g/mol. The number of alkyl carbamates (subject to hydrolysis) is 1. The molecule has 1 fully saturated rings. The van der Waals surface area contributed by atoms with Gasteiger partial charge in [0.25, 0.3) is 0 Å². The van der Waals surface area contributed by atoms with Crippen LogP contribution in [0.3, 0.4) is 0 Å². The molecule has 0 atom stereocenters. The fraction of sp³-hybridized carbons (Fsp3) is 0.600. The zero-order valence-electron chi connectivity index (χ0n) is 14.4. The van der Waals surface area contributed by atoms with Crippen molar-refractivity contribution in [3.63, 3.8) is 0 Å². The van der Waals surface area contributed by atoms with Gasteiger partial charge in [0, 0.05) is 19.6 Å². The molecular weight excluding hydrogens is 344 g/mol. The van der Waals surface area contributed by atoms with Crippen molar-refractivity contribution in [1.29, 1.82) is 0 Å². The summed E-state index contributed by atoms with van der Waals surface area (Å²) in [6.07, 6.45) is 3.31. The van der Waals surface area contributed by atoms with E-state index in [-0.39, 0.29) is 0 Å². The highest BCUT2D eigenvalue weighted by atomic mass is 32.2. The Morgan fingerprint density at radius 1 is 1.40 bits per heavy atom. The number of aromatic nitrogens is 4. The van der Waals surface area contributed by atoms with Crippen LogP contribution in [0.1, 0.15) is 6.92 Å². The number of nitrogens with one attached hydrogen (secondary N) is 1. The second kappa shape index (κ2) is 8.34. The molecule has 3 heterocycles. The molecule has 1 saturated heterocycles. The quantitative estimate of drug-likeness (QED) is 0.601. The van der Waals surface area contributed by atoms with E-state index in [1.54, 1.807) is 17.8 Å². The number of amides is 1. The van der Waals surface area contributed by atoms with E-state index >= 15 is 0 Å². The number of nitrogens with zero attached hydrogens (tertiary/aromatic N) is 5. The van der Waals surface area contributed by atoms with Crippen LogP contribution in [0, 0.1) is 0 Å². The predicted octanol–water partition coefficient (Wildman–Crippen LogP) is 1.13. The summed E-state index contributed by atoms with van der Waals surface area (Å²) in [5.41, 5.74) is 0.770. The van der Waals surface area contributed by atoms with Crippen molar-refractivity contribution in [2.45, 2.75) is 18.6 Å². The largest absolute Gasteiger partial charge is 0.450 e. The van der Waals surface area contributed by atoms with Crippen molar-refractivity contribution in [3.8, 4) is 0 Å². The summed E-state index contributed by atoms with van der Waals surface area (Å²) in [7, 11) is 0. The van der Waals surface area contributed by atoms with Crippen molar-refractivity contribution >= 4 is 34.7 Å². The van der Waals surface area contributed by atoms with E-state index in [1.165, 1.54) is 11.8 Å². The van der Waals surface area contributed by atoms with Gasteiger partial charge in [-0.25, -0.2) is 19.4 Å². The van der Waals surface area contributed by atoms with E-state index in [9.17, 15) is 4.79 Å². The summed E-state index contributed by atoms with van der Waals surface area (Å²) >= 11 is 1.50. The highest BCUT2D eigenvalue weighted by Gasteiger charge is 2.19. The molecule has 0 saturated carbocycles. The molecule has 0 spiro atoms.